The van der Waals surface area contributed by atoms with Gasteiger partial charge in [0, 0.05) is 21.9 Å². The lowest BCUT2D eigenvalue weighted by atomic mass is 9.96. The molecule has 3 rings (SSSR count). The Balaban J connectivity index is 1.59. The molecule has 3 nitrogen and oxygen atoms in total. The summed E-state index contributed by atoms with van der Waals surface area (Å²) in [6.45, 7) is 0. The number of thiophene rings is 1. The van der Waals surface area contributed by atoms with Crippen LogP contribution < -0.4 is 5.32 Å². The molecule has 0 spiro atoms. The van der Waals surface area contributed by atoms with Gasteiger partial charge >= 0.3 is 0 Å². The first-order valence-electron chi connectivity index (χ1n) is 8.01. The third-order valence-corrected chi connectivity index (χ3v) is 6.26. The van der Waals surface area contributed by atoms with Crippen molar-refractivity contribution in [1.82, 2.24) is 0 Å². The van der Waals surface area contributed by atoms with Gasteiger partial charge in [-0.2, -0.15) is 5.26 Å². The van der Waals surface area contributed by atoms with Crippen molar-refractivity contribution in [1.29, 1.82) is 5.26 Å². The maximum Gasteiger partial charge on any atom is 0.225 e. The fourth-order valence-electron chi connectivity index (χ4n) is 2.80. The lowest BCUT2D eigenvalue weighted by molar-refractivity contribution is -0.115. The molecule has 0 atom stereocenters. The number of aryl methyl sites for hydroxylation is 1. The first-order chi connectivity index (χ1) is 12.1. The van der Waals surface area contributed by atoms with Crippen LogP contribution in [0.1, 0.15) is 35.3 Å². The molecule has 0 fully saturated rings. The Morgan fingerprint density at radius 3 is 2.92 bits per heavy atom. The number of hydrogen-bond donors (Lipinski definition) is 1. The average Bonchev–Trinajstić information content (AvgIpc) is 2.94. The van der Waals surface area contributed by atoms with Crippen LogP contribution in [-0.4, -0.2) is 11.7 Å². The zero-order valence-corrected chi connectivity index (χ0v) is 15.0. The van der Waals surface area contributed by atoms with Crippen LogP contribution in [0.5, 0.6) is 0 Å². The minimum absolute atomic E-state index is 0.161. The van der Waals surface area contributed by atoms with Crippen LogP contribution in [0.3, 0.4) is 0 Å². The van der Waals surface area contributed by atoms with Crippen LogP contribution in [0.4, 0.5) is 13.8 Å². The van der Waals surface area contributed by atoms with Gasteiger partial charge in [-0.05, 0) is 49.4 Å². The second-order valence-electron chi connectivity index (χ2n) is 5.75. The molecule has 1 heterocycles. The predicted molar refractivity (Wildman–Crippen MR) is 96.0 cm³/mol. The van der Waals surface area contributed by atoms with Crippen molar-refractivity contribution in [2.45, 2.75) is 37.0 Å². The molecule has 1 aliphatic carbocycles. The molecular weight excluding hydrogens is 362 g/mol. The minimum Gasteiger partial charge on any atom is -0.317 e. The third kappa shape index (κ3) is 4.20. The SMILES string of the molecule is N#Cc1c(NC(=O)CCSc2cc(F)ccc2F)sc2c1CCCC2. The van der Waals surface area contributed by atoms with E-state index in [-0.39, 0.29) is 17.2 Å². The Morgan fingerprint density at radius 2 is 2.12 bits per heavy atom. The van der Waals surface area contributed by atoms with Crippen molar-refractivity contribution in [3.63, 3.8) is 0 Å². The van der Waals surface area contributed by atoms with Crippen molar-refractivity contribution in [3.05, 3.63) is 45.8 Å². The fourth-order valence-corrected chi connectivity index (χ4v) is 4.97. The summed E-state index contributed by atoms with van der Waals surface area (Å²) in [5.74, 6) is -0.890. The minimum atomic E-state index is -0.504. The highest BCUT2D eigenvalue weighted by Crippen LogP contribution is 2.37. The molecule has 1 N–H and O–H groups in total. The number of fused-ring (bicyclic) bond motifs is 1. The van der Waals surface area contributed by atoms with Crippen LogP contribution in [0.25, 0.3) is 0 Å². The highest BCUT2D eigenvalue weighted by atomic mass is 32.2. The summed E-state index contributed by atoms with van der Waals surface area (Å²) in [5.41, 5.74) is 1.65. The van der Waals surface area contributed by atoms with Gasteiger partial charge in [0.15, 0.2) is 0 Å². The van der Waals surface area contributed by atoms with E-state index in [4.69, 9.17) is 0 Å². The zero-order chi connectivity index (χ0) is 17.8. The molecule has 1 aromatic heterocycles. The van der Waals surface area contributed by atoms with Crippen LogP contribution in [0.15, 0.2) is 23.1 Å². The number of anilines is 1. The number of halogens is 2. The number of amides is 1. The monoisotopic (exact) mass is 378 g/mol. The Morgan fingerprint density at radius 1 is 1.32 bits per heavy atom. The number of hydrogen-bond acceptors (Lipinski definition) is 4. The van der Waals surface area contributed by atoms with Gasteiger partial charge in [0.05, 0.1) is 5.56 Å². The van der Waals surface area contributed by atoms with E-state index in [0.29, 0.717) is 16.3 Å². The molecular formula is C18H16F2N2OS2. The number of nitriles is 1. The Bertz CT molecular complexity index is 842. The number of benzene rings is 1. The summed E-state index contributed by atoms with van der Waals surface area (Å²) >= 11 is 2.58. The van der Waals surface area contributed by atoms with Crippen molar-refractivity contribution in [2.75, 3.05) is 11.1 Å². The standard InChI is InChI=1S/C18H16F2N2OS2/c19-11-5-6-14(20)16(9-11)24-8-7-17(23)22-18-13(10-21)12-3-1-2-4-15(12)25-18/h5-6,9H,1-4,7-8H2,(H,22,23). The summed E-state index contributed by atoms with van der Waals surface area (Å²) in [6.07, 6.45) is 4.19. The number of nitrogens with one attached hydrogen (secondary N) is 1. The summed E-state index contributed by atoms with van der Waals surface area (Å²) in [6, 6.07) is 5.47. The van der Waals surface area contributed by atoms with E-state index in [9.17, 15) is 18.8 Å². The van der Waals surface area contributed by atoms with Crippen molar-refractivity contribution in [2.24, 2.45) is 0 Å². The van der Waals surface area contributed by atoms with Gasteiger partial charge in [0.2, 0.25) is 5.91 Å². The van der Waals surface area contributed by atoms with E-state index in [0.717, 1.165) is 61.2 Å². The Hall–Kier alpha value is -1.91. The Kier molecular flexibility index (Phi) is 5.71. The van der Waals surface area contributed by atoms with E-state index >= 15 is 0 Å². The highest BCUT2D eigenvalue weighted by Gasteiger charge is 2.21. The topological polar surface area (TPSA) is 52.9 Å². The van der Waals surface area contributed by atoms with E-state index in [1.165, 1.54) is 16.2 Å². The largest absolute Gasteiger partial charge is 0.317 e. The first kappa shape index (κ1) is 17.9. The molecule has 0 bridgehead atoms. The van der Waals surface area contributed by atoms with Crippen molar-refractivity contribution < 1.29 is 13.6 Å². The molecule has 0 aliphatic heterocycles. The maximum absolute atomic E-state index is 13.5. The van der Waals surface area contributed by atoms with E-state index < -0.39 is 11.6 Å². The van der Waals surface area contributed by atoms with Gasteiger partial charge in [-0.15, -0.1) is 23.1 Å². The molecule has 1 amide bonds. The normalized spacial score (nSPS) is 13.2. The van der Waals surface area contributed by atoms with Crippen LogP contribution in [-0.2, 0) is 17.6 Å². The molecule has 130 valence electrons. The quantitative estimate of drug-likeness (QED) is 0.753. The van der Waals surface area contributed by atoms with Gasteiger partial charge in [-0.1, -0.05) is 0 Å². The number of carbonyl (C=O) groups excluding carboxylic acids is 1. The number of rotatable bonds is 5. The van der Waals surface area contributed by atoms with E-state index in [2.05, 4.69) is 11.4 Å². The molecule has 25 heavy (non-hydrogen) atoms. The van der Waals surface area contributed by atoms with E-state index in [1.807, 2.05) is 0 Å². The zero-order valence-electron chi connectivity index (χ0n) is 13.4. The highest BCUT2D eigenvalue weighted by molar-refractivity contribution is 7.99. The van der Waals surface area contributed by atoms with Crippen LogP contribution in [0.2, 0.25) is 0 Å². The maximum atomic E-state index is 13.5. The Labute approximate surface area is 153 Å². The molecule has 0 saturated heterocycles. The number of thioether (sulfide) groups is 1. The summed E-state index contributed by atoms with van der Waals surface area (Å²) in [4.78, 5) is 13.5. The molecule has 2 aromatic rings. The number of carbonyl (C=O) groups is 1. The fraction of sp³-hybridized carbons (Fsp3) is 0.333. The molecule has 0 radical (unpaired) electrons. The molecule has 1 aliphatic rings. The lowest BCUT2D eigenvalue weighted by Gasteiger charge is -2.09. The second kappa shape index (κ2) is 7.98. The summed E-state index contributed by atoms with van der Waals surface area (Å²) in [7, 11) is 0. The van der Waals surface area contributed by atoms with Gasteiger partial charge in [-0.3, -0.25) is 4.79 Å². The second-order valence-corrected chi connectivity index (χ2v) is 7.99. The van der Waals surface area contributed by atoms with Gasteiger partial charge in [0.25, 0.3) is 0 Å². The average molecular weight is 378 g/mol. The molecule has 7 heteroatoms. The van der Waals surface area contributed by atoms with E-state index in [1.54, 1.807) is 0 Å². The molecule has 0 unspecified atom stereocenters. The summed E-state index contributed by atoms with van der Waals surface area (Å²) in [5, 5.41) is 12.8. The molecule has 1 aromatic carbocycles. The van der Waals surface area contributed by atoms with Crippen LogP contribution >= 0.6 is 23.1 Å². The first-order valence-corrected chi connectivity index (χ1v) is 9.81. The van der Waals surface area contributed by atoms with Gasteiger partial charge in [0.1, 0.15) is 22.7 Å². The van der Waals surface area contributed by atoms with Gasteiger partial charge < -0.3 is 5.32 Å². The predicted octanol–water partition coefficient (Wildman–Crippen LogP) is 4.90. The molecule has 0 saturated carbocycles. The van der Waals surface area contributed by atoms with Crippen molar-refractivity contribution in [3.8, 4) is 6.07 Å². The lowest BCUT2D eigenvalue weighted by Crippen LogP contribution is -2.12. The number of nitrogens with zero attached hydrogens (tertiary/aromatic N) is 1. The smallest absolute Gasteiger partial charge is 0.225 e. The third-order valence-electron chi connectivity index (χ3n) is 4.02. The van der Waals surface area contributed by atoms with Gasteiger partial charge in [-0.25, -0.2) is 8.78 Å². The van der Waals surface area contributed by atoms with Crippen molar-refractivity contribution >= 4 is 34.0 Å². The van der Waals surface area contributed by atoms with Crippen LogP contribution in [0, 0.1) is 23.0 Å². The summed E-state index contributed by atoms with van der Waals surface area (Å²) < 4.78 is 26.7.